The number of nitrogens with zero attached hydrogens (tertiary/aromatic N) is 1. The Morgan fingerprint density at radius 3 is 2.33 bits per heavy atom. The molecule has 4 rings (SSSR count). The van der Waals surface area contributed by atoms with Crippen molar-refractivity contribution in [2.24, 2.45) is 0 Å². The second kappa shape index (κ2) is 9.14. The number of benzene rings is 3. The van der Waals surface area contributed by atoms with E-state index in [1.165, 1.54) is 5.56 Å². The van der Waals surface area contributed by atoms with E-state index in [-0.39, 0.29) is 0 Å². The van der Waals surface area contributed by atoms with Gasteiger partial charge in [-0.1, -0.05) is 24.3 Å². The molecule has 0 amide bonds. The Kier molecular flexibility index (Phi) is 6.15. The molecule has 0 N–H and O–H groups in total. The predicted octanol–water partition coefficient (Wildman–Crippen LogP) is 5.99. The third-order valence-electron chi connectivity index (χ3n) is 5.09. The van der Waals surface area contributed by atoms with Crippen LogP contribution in [0.25, 0.3) is 22.0 Å². The molecular formula is C25H24ClNO3. The molecule has 1 aromatic heterocycles. The third kappa shape index (κ3) is 4.24. The first kappa shape index (κ1) is 20.2. The van der Waals surface area contributed by atoms with E-state index in [0.717, 1.165) is 45.8 Å². The summed E-state index contributed by atoms with van der Waals surface area (Å²) in [5.41, 5.74) is 4.59. The molecule has 0 aliphatic carbocycles. The van der Waals surface area contributed by atoms with E-state index in [4.69, 9.17) is 25.8 Å². The maximum Gasteiger partial charge on any atom is 0.120 e. The van der Waals surface area contributed by atoms with Crippen LogP contribution >= 0.6 is 11.6 Å². The number of rotatable bonds is 8. The van der Waals surface area contributed by atoms with Crippen molar-refractivity contribution in [1.82, 2.24) is 4.57 Å². The molecule has 0 saturated carbocycles. The van der Waals surface area contributed by atoms with Gasteiger partial charge < -0.3 is 18.8 Å². The van der Waals surface area contributed by atoms with Crippen molar-refractivity contribution in [2.45, 2.75) is 6.54 Å². The van der Waals surface area contributed by atoms with Crippen LogP contribution in [-0.4, -0.2) is 31.3 Å². The molecule has 154 valence electrons. The van der Waals surface area contributed by atoms with Crippen LogP contribution in [0, 0.1) is 0 Å². The molecule has 0 bridgehead atoms. The number of halogens is 1. The second-order valence-corrected chi connectivity index (χ2v) is 7.35. The van der Waals surface area contributed by atoms with Gasteiger partial charge in [-0.15, -0.1) is 11.6 Å². The molecule has 0 aliphatic rings. The molecule has 0 spiro atoms. The largest absolute Gasteiger partial charge is 0.497 e. The summed E-state index contributed by atoms with van der Waals surface area (Å²) in [4.78, 5) is 0. The molecule has 0 saturated heterocycles. The Morgan fingerprint density at radius 1 is 0.833 bits per heavy atom. The smallest absolute Gasteiger partial charge is 0.120 e. The van der Waals surface area contributed by atoms with E-state index in [2.05, 4.69) is 47.2 Å². The number of hydrogen-bond acceptors (Lipinski definition) is 3. The van der Waals surface area contributed by atoms with Crippen molar-refractivity contribution < 1.29 is 14.2 Å². The maximum absolute atomic E-state index is 5.79. The van der Waals surface area contributed by atoms with Crippen molar-refractivity contribution in [3.05, 3.63) is 78.5 Å². The summed E-state index contributed by atoms with van der Waals surface area (Å²) in [7, 11) is 3.36. The highest BCUT2D eigenvalue weighted by Gasteiger charge is 2.13. The van der Waals surface area contributed by atoms with Gasteiger partial charge in [0.15, 0.2) is 0 Å². The lowest BCUT2D eigenvalue weighted by Crippen LogP contribution is -1.99. The Hall–Kier alpha value is -3.11. The van der Waals surface area contributed by atoms with E-state index in [1.807, 2.05) is 30.3 Å². The molecule has 0 atom stereocenters. The molecule has 1 heterocycles. The van der Waals surface area contributed by atoms with Crippen LogP contribution < -0.4 is 14.2 Å². The van der Waals surface area contributed by atoms with Gasteiger partial charge in [-0.05, 0) is 53.6 Å². The van der Waals surface area contributed by atoms with Gasteiger partial charge in [0, 0.05) is 29.2 Å². The molecule has 4 aromatic rings. The maximum atomic E-state index is 5.79. The van der Waals surface area contributed by atoms with E-state index in [0.29, 0.717) is 12.5 Å². The quantitative estimate of drug-likeness (QED) is 0.327. The SMILES string of the molecule is COc1ccc(-c2cn(Cc3cccc(OC)c3)c3ccc(OCCCl)cc23)cc1. The minimum absolute atomic E-state index is 0.459. The lowest BCUT2D eigenvalue weighted by molar-refractivity contribution is 0.343. The minimum Gasteiger partial charge on any atom is -0.497 e. The highest BCUT2D eigenvalue weighted by atomic mass is 35.5. The summed E-state index contributed by atoms with van der Waals surface area (Å²) in [5.74, 6) is 2.97. The van der Waals surface area contributed by atoms with Crippen LogP contribution in [0.2, 0.25) is 0 Å². The molecule has 0 radical (unpaired) electrons. The minimum atomic E-state index is 0.459. The average molecular weight is 422 g/mol. The first-order valence-corrected chi connectivity index (χ1v) is 10.3. The number of fused-ring (bicyclic) bond motifs is 1. The Morgan fingerprint density at radius 2 is 1.60 bits per heavy atom. The van der Waals surface area contributed by atoms with Crippen molar-refractivity contribution in [2.75, 3.05) is 26.7 Å². The van der Waals surface area contributed by atoms with E-state index < -0.39 is 0 Å². The lowest BCUT2D eigenvalue weighted by Gasteiger charge is -2.08. The predicted molar refractivity (Wildman–Crippen MR) is 122 cm³/mol. The third-order valence-corrected chi connectivity index (χ3v) is 5.24. The van der Waals surface area contributed by atoms with Crippen LogP contribution in [-0.2, 0) is 6.54 Å². The number of ether oxygens (including phenoxy) is 3. The summed E-state index contributed by atoms with van der Waals surface area (Å²) < 4.78 is 18.7. The van der Waals surface area contributed by atoms with Gasteiger partial charge in [0.05, 0.1) is 20.1 Å². The summed E-state index contributed by atoms with van der Waals surface area (Å²) in [5, 5.41) is 1.13. The summed E-state index contributed by atoms with van der Waals surface area (Å²) in [6.45, 7) is 1.22. The molecule has 5 heteroatoms. The van der Waals surface area contributed by atoms with E-state index in [1.54, 1.807) is 14.2 Å². The van der Waals surface area contributed by atoms with Crippen molar-refractivity contribution in [3.8, 4) is 28.4 Å². The second-order valence-electron chi connectivity index (χ2n) is 6.97. The van der Waals surface area contributed by atoms with Gasteiger partial charge in [-0.3, -0.25) is 0 Å². The number of hydrogen-bond donors (Lipinski definition) is 0. The zero-order valence-corrected chi connectivity index (χ0v) is 17.9. The fourth-order valence-corrected chi connectivity index (χ4v) is 3.70. The Labute approximate surface area is 181 Å². The van der Waals surface area contributed by atoms with Gasteiger partial charge in [0.2, 0.25) is 0 Å². The van der Waals surface area contributed by atoms with Crippen LogP contribution in [0.15, 0.2) is 72.9 Å². The topological polar surface area (TPSA) is 32.6 Å². The molecule has 3 aromatic carbocycles. The van der Waals surface area contributed by atoms with Gasteiger partial charge in [0.25, 0.3) is 0 Å². The molecule has 0 aliphatic heterocycles. The van der Waals surface area contributed by atoms with Gasteiger partial charge >= 0.3 is 0 Å². The normalized spacial score (nSPS) is 10.9. The molecule has 0 unspecified atom stereocenters. The first-order valence-electron chi connectivity index (χ1n) is 9.81. The zero-order valence-electron chi connectivity index (χ0n) is 17.1. The molecular weight excluding hydrogens is 398 g/mol. The van der Waals surface area contributed by atoms with E-state index in [9.17, 15) is 0 Å². The summed E-state index contributed by atoms with van der Waals surface area (Å²) in [6, 6.07) is 22.5. The van der Waals surface area contributed by atoms with Crippen molar-refractivity contribution in [3.63, 3.8) is 0 Å². The van der Waals surface area contributed by atoms with Crippen molar-refractivity contribution >= 4 is 22.5 Å². The van der Waals surface area contributed by atoms with Gasteiger partial charge in [-0.25, -0.2) is 0 Å². The van der Waals surface area contributed by atoms with Crippen LogP contribution in [0.5, 0.6) is 17.2 Å². The average Bonchev–Trinajstić information content (AvgIpc) is 3.15. The first-order chi connectivity index (χ1) is 14.7. The number of aromatic nitrogens is 1. The van der Waals surface area contributed by atoms with Crippen LogP contribution in [0.1, 0.15) is 5.56 Å². The van der Waals surface area contributed by atoms with Gasteiger partial charge in [0.1, 0.15) is 23.9 Å². The Balaban J connectivity index is 1.79. The monoisotopic (exact) mass is 421 g/mol. The summed E-state index contributed by atoms with van der Waals surface area (Å²) >= 11 is 5.79. The number of methoxy groups -OCH3 is 2. The van der Waals surface area contributed by atoms with Crippen LogP contribution in [0.4, 0.5) is 0 Å². The van der Waals surface area contributed by atoms with Gasteiger partial charge in [-0.2, -0.15) is 0 Å². The molecule has 0 fully saturated rings. The fraction of sp³-hybridized carbons (Fsp3) is 0.200. The van der Waals surface area contributed by atoms with E-state index >= 15 is 0 Å². The standard InChI is InChI=1S/C25H24ClNO3/c1-28-20-8-6-19(7-9-20)24-17-27(16-18-4-3-5-21(14-18)29-2)25-11-10-22(15-23(24)25)30-13-12-26/h3-11,14-15,17H,12-13,16H2,1-2H3. The lowest BCUT2D eigenvalue weighted by atomic mass is 10.0. The van der Waals surface area contributed by atoms with Crippen molar-refractivity contribution in [1.29, 1.82) is 0 Å². The fourth-order valence-electron chi connectivity index (χ4n) is 3.62. The number of alkyl halides is 1. The van der Waals surface area contributed by atoms with Crippen LogP contribution in [0.3, 0.4) is 0 Å². The highest BCUT2D eigenvalue weighted by Crippen LogP contribution is 2.34. The highest BCUT2D eigenvalue weighted by molar-refractivity contribution is 6.18. The summed E-state index contributed by atoms with van der Waals surface area (Å²) in [6.07, 6.45) is 2.19. The molecule has 30 heavy (non-hydrogen) atoms. The zero-order chi connectivity index (χ0) is 20.9. The molecule has 4 nitrogen and oxygen atoms in total. The Bertz CT molecular complexity index is 1140.